The van der Waals surface area contributed by atoms with Crippen molar-refractivity contribution in [3.8, 4) is 0 Å². The van der Waals surface area contributed by atoms with Crippen LogP contribution in [-0.2, 0) is 9.47 Å². The van der Waals surface area contributed by atoms with E-state index >= 15 is 0 Å². The van der Waals surface area contributed by atoms with Crippen LogP contribution in [0.1, 0.15) is 39.5 Å². The molecular weight excluding hydrogens is 180 g/mol. The normalized spacial score (nSPS) is 29.1. The Morgan fingerprint density at radius 3 is 2.71 bits per heavy atom. The number of hydrogen-bond acceptors (Lipinski definition) is 3. The van der Waals surface area contributed by atoms with Crippen LogP contribution in [0.5, 0.6) is 0 Å². The third-order valence-corrected chi connectivity index (χ3v) is 3.05. The van der Waals surface area contributed by atoms with Gasteiger partial charge in [-0.2, -0.15) is 0 Å². The highest BCUT2D eigenvalue weighted by molar-refractivity contribution is 4.84. The smallest absolute Gasteiger partial charge is 0.0882 e. The molecule has 0 aromatic carbocycles. The lowest BCUT2D eigenvalue weighted by Gasteiger charge is -2.34. The fourth-order valence-electron chi connectivity index (χ4n) is 1.67. The standard InChI is InChI=1S/C11H22O3/c1-10(2,13-3)6-7-11(12)5-4-8-14-9-11/h12H,4-9H2,1-3H3. The fraction of sp³-hybridized carbons (Fsp3) is 1.00. The molecule has 0 radical (unpaired) electrons. The van der Waals surface area contributed by atoms with Crippen molar-refractivity contribution in [3.05, 3.63) is 0 Å². The molecule has 1 fully saturated rings. The number of ether oxygens (including phenoxy) is 2. The summed E-state index contributed by atoms with van der Waals surface area (Å²) in [4.78, 5) is 0. The summed E-state index contributed by atoms with van der Waals surface area (Å²) in [5.74, 6) is 0. The van der Waals surface area contributed by atoms with E-state index in [-0.39, 0.29) is 5.60 Å². The first-order valence-electron chi connectivity index (χ1n) is 5.33. The summed E-state index contributed by atoms with van der Waals surface area (Å²) >= 11 is 0. The Balaban J connectivity index is 2.35. The van der Waals surface area contributed by atoms with E-state index in [1.54, 1.807) is 7.11 Å². The SMILES string of the molecule is COC(C)(C)CCC1(O)CCCOC1. The summed E-state index contributed by atoms with van der Waals surface area (Å²) in [7, 11) is 1.71. The van der Waals surface area contributed by atoms with Crippen molar-refractivity contribution in [2.45, 2.75) is 50.7 Å². The highest BCUT2D eigenvalue weighted by Crippen LogP contribution is 2.28. The second kappa shape index (κ2) is 4.60. The van der Waals surface area contributed by atoms with Crippen LogP contribution in [-0.4, -0.2) is 36.6 Å². The van der Waals surface area contributed by atoms with Crippen molar-refractivity contribution < 1.29 is 14.6 Å². The Morgan fingerprint density at radius 1 is 1.50 bits per heavy atom. The molecule has 0 bridgehead atoms. The van der Waals surface area contributed by atoms with Gasteiger partial charge in [0.05, 0.1) is 17.8 Å². The second-order valence-corrected chi connectivity index (χ2v) is 4.84. The Labute approximate surface area is 86.4 Å². The minimum Gasteiger partial charge on any atom is -0.387 e. The molecule has 1 aliphatic heterocycles. The van der Waals surface area contributed by atoms with E-state index in [9.17, 15) is 5.11 Å². The lowest BCUT2D eigenvalue weighted by molar-refractivity contribution is -0.102. The van der Waals surface area contributed by atoms with E-state index in [4.69, 9.17) is 9.47 Å². The molecule has 14 heavy (non-hydrogen) atoms. The van der Waals surface area contributed by atoms with Crippen LogP contribution in [0.4, 0.5) is 0 Å². The van der Waals surface area contributed by atoms with Gasteiger partial charge < -0.3 is 14.6 Å². The topological polar surface area (TPSA) is 38.7 Å². The largest absolute Gasteiger partial charge is 0.387 e. The van der Waals surface area contributed by atoms with Crippen molar-refractivity contribution in [1.29, 1.82) is 0 Å². The van der Waals surface area contributed by atoms with Crippen LogP contribution < -0.4 is 0 Å². The first-order valence-corrected chi connectivity index (χ1v) is 5.33. The summed E-state index contributed by atoms with van der Waals surface area (Å²) in [6.07, 6.45) is 3.44. The molecule has 1 N–H and O–H groups in total. The zero-order valence-electron chi connectivity index (χ0n) is 9.51. The van der Waals surface area contributed by atoms with Crippen LogP contribution in [0.25, 0.3) is 0 Å². The number of aliphatic hydroxyl groups is 1. The zero-order valence-corrected chi connectivity index (χ0v) is 9.51. The molecule has 0 aliphatic carbocycles. The Bertz CT molecular complexity index is 171. The average molecular weight is 202 g/mol. The van der Waals surface area contributed by atoms with Gasteiger partial charge in [-0.1, -0.05) is 0 Å². The summed E-state index contributed by atoms with van der Waals surface area (Å²) in [5.41, 5.74) is -0.763. The van der Waals surface area contributed by atoms with Crippen molar-refractivity contribution in [3.63, 3.8) is 0 Å². The van der Waals surface area contributed by atoms with Gasteiger partial charge in [0.25, 0.3) is 0 Å². The van der Waals surface area contributed by atoms with Crippen molar-refractivity contribution in [1.82, 2.24) is 0 Å². The van der Waals surface area contributed by atoms with E-state index < -0.39 is 5.60 Å². The van der Waals surface area contributed by atoms with E-state index in [0.717, 1.165) is 32.3 Å². The minimum atomic E-state index is -0.617. The van der Waals surface area contributed by atoms with Gasteiger partial charge in [0.15, 0.2) is 0 Å². The Hall–Kier alpha value is -0.120. The summed E-state index contributed by atoms with van der Waals surface area (Å²) < 4.78 is 10.6. The van der Waals surface area contributed by atoms with E-state index in [1.807, 2.05) is 13.8 Å². The molecule has 0 amide bonds. The maximum Gasteiger partial charge on any atom is 0.0882 e. The average Bonchev–Trinajstić information content (AvgIpc) is 2.17. The van der Waals surface area contributed by atoms with Crippen LogP contribution >= 0.6 is 0 Å². The molecular formula is C11H22O3. The maximum absolute atomic E-state index is 10.1. The lowest BCUT2D eigenvalue weighted by Crippen LogP contribution is -2.40. The van der Waals surface area contributed by atoms with Crippen molar-refractivity contribution >= 4 is 0 Å². The molecule has 0 saturated carbocycles. The van der Waals surface area contributed by atoms with Gasteiger partial charge in [0.2, 0.25) is 0 Å². The second-order valence-electron chi connectivity index (χ2n) is 4.84. The molecule has 1 saturated heterocycles. The molecule has 1 unspecified atom stereocenters. The quantitative estimate of drug-likeness (QED) is 0.754. The molecule has 0 aromatic heterocycles. The molecule has 1 aliphatic rings. The highest BCUT2D eigenvalue weighted by Gasteiger charge is 2.32. The van der Waals surface area contributed by atoms with Crippen LogP contribution in [0.15, 0.2) is 0 Å². The van der Waals surface area contributed by atoms with E-state index in [0.29, 0.717) is 6.61 Å². The third kappa shape index (κ3) is 3.56. The molecule has 0 spiro atoms. The molecule has 1 atom stereocenters. The summed E-state index contributed by atoms with van der Waals surface area (Å²) in [6, 6.07) is 0. The van der Waals surface area contributed by atoms with Gasteiger partial charge in [0.1, 0.15) is 0 Å². The van der Waals surface area contributed by atoms with Gasteiger partial charge >= 0.3 is 0 Å². The van der Waals surface area contributed by atoms with Gasteiger partial charge in [0, 0.05) is 13.7 Å². The summed E-state index contributed by atoms with van der Waals surface area (Å²) in [5, 5.41) is 10.1. The molecule has 1 rings (SSSR count). The van der Waals surface area contributed by atoms with Gasteiger partial charge in [-0.05, 0) is 39.5 Å². The lowest BCUT2D eigenvalue weighted by atomic mass is 9.87. The monoisotopic (exact) mass is 202 g/mol. The predicted molar refractivity (Wildman–Crippen MR) is 55.3 cm³/mol. The Morgan fingerprint density at radius 2 is 2.21 bits per heavy atom. The minimum absolute atomic E-state index is 0.146. The molecule has 1 heterocycles. The Kier molecular flexibility index (Phi) is 3.93. The van der Waals surface area contributed by atoms with Crippen LogP contribution in [0.3, 0.4) is 0 Å². The molecule has 84 valence electrons. The molecule has 3 nitrogen and oxygen atoms in total. The number of rotatable bonds is 4. The van der Waals surface area contributed by atoms with E-state index in [2.05, 4.69) is 0 Å². The molecule has 3 heteroatoms. The van der Waals surface area contributed by atoms with Gasteiger partial charge in [-0.15, -0.1) is 0 Å². The predicted octanol–water partition coefficient (Wildman–Crippen LogP) is 1.73. The summed E-state index contributed by atoms with van der Waals surface area (Å²) in [6.45, 7) is 5.35. The highest BCUT2D eigenvalue weighted by atomic mass is 16.5. The van der Waals surface area contributed by atoms with Crippen molar-refractivity contribution in [2.24, 2.45) is 0 Å². The maximum atomic E-state index is 10.1. The molecule has 0 aromatic rings. The third-order valence-electron chi connectivity index (χ3n) is 3.05. The van der Waals surface area contributed by atoms with Crippen molar-refractivity contribution in [2.75, 3.05) is 20.3 Å². The van der Waals surface area contributed by atoms with E-state index in [1.165, 1.54) is 0 Å². The first kappa shape index (κ1) is 12.0. The first-order chi connectivity index (χ1) is 6.47. The van der Waals surface area contributed by atoms with Crippen LogP contribution in [0.2, 0.25) is 0 Å². The number of methoxy groups -OCH3 is 1. The van der Waals surface area contributed by atoms with Gasteiger partial charge in [-0.3, -0.25) is 0 Å². The zero-order chi connectivity index (χ0) is 10.7. The van der Waals surface area contributed by atoms with Gasteiger partial charge in [-0.25, -0.2) is 0 Å². The van der Waals surface area contributed by atoms with Crippen LogP contribution in [0, 0.1) is 0 Å². The fourth-order valence-corrected chi connectivity index (χ4v) is 1.67. The number of hydrogen-bond donors (Lipinski definition) is 1.